The highest BCUT2D eigenvalue weighted by Crippen LogP contribution is 2.25. The number of hydrogen-bond acceptors (Lipinski definition) is 3. The fraction of sp³-hybridized carbons (Fsp3) is 0.500. The van der Waals surface area contributed by atoms with E-state index in [9.17, 15) is 4.79 Å². The molecule has 4 N–H and O–H groups in total. The number of aliphatic carboxylic acids is 1. The molecular weight excluding hydrogens is 228 g/mol. The van der Waals surface area contributed by atoms with Gasteiger partial charge < -0.3 is 16.2 Å². The summed E-state index contributed by atoms with van der Waals surface area (Å²) in [5.41, 5.74) is 10.7. The molecule has 0 fully saturated rings. The SMILES string of the molecule is CNC(c1ccc(C)c(C)c1C)C(N)CC(=O)O. The average Bonchev–Trinajstić information content (AvgIpc) is 2.29. The monoisotopic (exact) mass is 250 g/mol. The molecule has 100 valence electrons. The lowest BCUT2D eigenvalue weighted by Crippen LogP contribution is -2.38. The van der Waals surface area contributed by atoms with Gasteiger partial charge in [0.05, 0.1) is 6.42 Å². The standard InChI is InChI=1S/C14H22N2O2/c1-8-5-6-11(10(3)9(8)2)14(16-4)12(15)7-13(17)18/h5-6,12,14,16H,7,15H2,1-4H3,(H,17,18). The van der Waals surface area contributed by atoms with Gasteiger partial charge in [-0.15, -0.1) is 0 Å². The van der Waals surface area contributed by atoms with Crippen molar-refractivity contribution in [1.82, 2.24) is 5.32 Å². The van der Waals surface area contributed by atoms with Crippen molar-refractivity contribution in [2.24, 2.45) is 5.73 Å². The Hall–Kier alpha value is -1.39. The molecule has 0 saturated carbocycles. The first-order chi connectivity index (χ1) is 8.38. The Morgan fingerprint density at radius 2 is 1.94 bits per heavy atom. The Labute approximate surface area is 108 Å². The van der Waals surface area contributed by atoms with Crippen molar-refractivity contribution in [3.8, 4) is 0 Å². The van der Waals surface area contributed by atoms with Gasteiger partial charge in [0.15, 0.2) is 0 Å². The van der Waals surface area contributed by atoms with E-state index in [1.807, 2.05) is 6.07 Å². The minimum Gasteiger partial charge on any atom is -0.481 e. The summed E-state index contributed by atoms with van der Waals surface area (Å²) in [5.74, 6) is -0.871. The first-order valence-corrected chi connectivity index (χ1v) is 6.09. The summed E-state index contributed by atoms with van der Waals surface area (Å²) >= 11 is 0. The number of carboxylic acid groups (broad SMARTS) is 1. The quantitative estimate of drug-likeness (QED) is 0.743. The molecule has 4 heteroatoms. The third-order valence-electron chi connectivity index (χ3n) is 3.58. The molecule has 1 aromatic rings. The summed E-state index contributed by atoms with van der Waals surface area (Å²) in [6, 6.07) is 3.50. The molecule has 18 heavy (non-hydrogen) atoms. The van der Waals surface area contributed by atoms with Crippen molar-refractivity contribution < 1.29 is 9.90 Å². The summed E-state index contributed by atoms with van der Waals surface area (Å²) in [6.45, 7) is 6.19. The highest BCUT2D eigenvalue weighted by Gasteiger charge is 2.22. The van der Waals surface area contributed by atoms with Crippen molar-refractivity contribution in [2.45, 2.75) is 39.3 Å². The van der Waals surface area contributed by atoms with Gasteiger partial charge in [0.1, 0.15) is 0 Å². The van der Waals surface area contributed by atoms with Crippen molar-refractivity contribution in [3.05, 3.63) is 34.4 Å². The summed E-state index contributed by atoms with van der Waals surface area (Å²) in [4.78, 5) is 10.8. The van der Waals surface area contributed by atoms with Crippen LogP contribution in [-0.4, -0.2) is 24.2 Å². The zero-order valence-corrected chi connectivity index (χ0v) is 11.4. The largest absolute Gasteiger partial charge is 0.481 e. The Morgan fingerprint density at radius 1 is 1.33 bits per heavy atom. The minimum atomic E-state index is -0.871. The number of aryl methyl sites for hydroxylation is 1. The van der Waals surface area contributed by atoms with Crippen molar-refractivity contribution >= 4 is 5.97 Å². The third-order valence-corrected chi connectivity index (χ3v) is 3.58. The molecule has 0 spiro atoms. The molecule has 0 aliphatic rings. The second-order valence-electron chi connectivity index (χ2n) is 4.75. The lowest BCUT2D eigenvalue weighted by molar-refractivity contribution is -0.137. The highest BCUT2D eigenvalue weighted by molar-refractivity contribution is 5.67. The molecule has 2 atom stereocenters. The molecule has 2 unspecified atom stereocenters. The van der Waals surface area contributed by atoms with E-state index in [0.29, 0.717) is 0 Å². The van der Waals surface area contributed by atoms with Crippen LogP contribution in [0, 0.1) is 20.8 Å². The van der Waals surface area contributed by atoms with Gasteiger partial charge in [-0.25, -0.2) is 0 Å². The predicted octanol–water partition coefficient (Wildman–Crippen LogP) is 1.67. The minimum absolute atomic E-state index is 0.0438. The Balaban J connectivity index is 3.09. The van der Waals surface area contributed by atoms with Crippen molar-refractivity contribution in [2.75, 3.05) is 7.05 Å². The molecule has 1 aromatic carbocycles. The van der Waals surface area contributed by atoms with Crippen LogP contribution in [-0.2, 0) is 4.79 Å². The Bertz CT molecular complexity index is 444. The molecule has 0 aliphatic heterocycles. The van der Waals surface area contributed by atoms with Gasteiger partial charge in [-0.3, -0.25) is 4.79 Å². The van der Waals surface area contributed by atoms with Gasteiger partial charge in [0.25, 0.3) is 0 Å². The molecule has 0 bridgehead atoms. The van der Waals surface area contributed by atoms with E-state index in [0.717, 1.165) is 5.56 Å². The van der Waals surface area contributed by atoms with Gasteiger partial charge >= 0.3 is 5.97 Å². The summed E-state index contributed by atoms with van der Waals surface area (Å²) in [6.07, 6.45) is -0.0438. The molecule has 0 aliphatic carbocycles. The molecule has 0 aromatic heterocycles. The molecule has 1 rings (SSSR count). The molecular formula is C14H22N2O2. The molecule has 0 amide bonds. The van der Waals surface area contributed by atoms with Crippen LogP contribution in [0.15, 0.2) is 12.1 Å². The second-order valence-corrected chi connectivity index (χ2v) is 4.75. The third kappa shape index (κ3) is 3.09. The predicted molar refractivity (Wildman–Crippen MR) is 72.7 cm³/mol. The summed E-state index contributed by atoms with van der Waals surface area (Å²) in [7, 11) is 1.81. The lowest BCUT2D eigenvalue weighted by atomic mass is 9.90. The van der Waals surface area contributed by atoms with Crippen molar-refractivity contribution in [1.29, 1.82) is 0 Å². The number of benzene rings is 1. The second kappa shape index (κ2) is 5.98. The van der Waals surface area contributed by atoms with E-state index >= 15 is 0 Å². The van der Waals surface area contributed by atoms with Crippen LogP contribution in [0.3, 0.4) is 0 Å². The number of carboxylic acids is 1. The Kier molecular flexibility index (Phi) is 4.87. The fourth-order valence-corrected chi connectivity index (χ4v) is 2.23. The van der Waals surface area contributed by atoms with Crippen molar-refractivity contribution in [3.63, 3.8) is 0 Å². The van der Waals surface area contributed by atoms with Crippen LogP contribution >= 0.6 is 0 Å². The normalized spacial score (nSPS) is 14.3. The zero-order valence-electron chi connectivity index (χ0n) is 11.4. The van der Waals surface area contributed by atoms with Crippen LogP contribution < -0.4 is 11.1 Å². The number of nitrogens with one attached hydrogen (secondary N) is 1. The number of nitrogens with two attached hydrogens (primary N) is 1. The first kappa shape index (κ1) is 14.7. The fourth-order valence-electron chi connectivity index (χ4n) is 2.23. The Morgan fingerprint density at radius 3 is 2.44 bits per heavy atom. The molecule has 4 nitrogen and oxygen atoms in total. The van der Waals surface area contributed by atoms with Crippen LogP contribution in [0.5, 0.6) is 0 Å². The van der Waals surface area contributed by atoms with E-state index in [2.05, 4.69) is 32.2 Å². The van der Waals surface area contributed by atoms with Crippen LogP contribution in [0.1, 0.15) is 34.7 Å². The highest BCUT2D eigenvalue weighted by atomic mass is 16.4. The van der Waals surface area contributed by atoms with Crippen LogP contribution in [0.2, 0.25) is 0 Å². The van der Waals surface area contributed by atoms with Crippen LogP contribution in [0.4, 0.5) is 0 Å². The van der Waals surface area contributed by atoms with E-state index in [-0.39, 0.29) is 12.5 Å². The maximum Gasteiger partial charge on any atom is 0.304 e. The topological polar surface area (TPSA) is 75.3 Å². The van der Waals surface area contributed by atoms with Gasteiger partial charge in [0.2, 0.25) is 0 Å². The summed E-state index contributed by atoms with van der Waals surface area (Å²) < 4.78 is 0. The number of carbonyl (C=O) groups is 1. The van der Waals surface area contributed by atoms with Gasteiger partial charge in [-0.1, -0.05) is 12.1 Å². The average molecular weight is 250 g/mol. The van der Waals surface area contributed by atoms with Gasteiger partial charge in [-0.2, -0.15) is 0 Å². The van der Waals surface area contributed by atoms with Crippen LogP contribution in [0.25, 0.3) is 0 Å². The smallest absolute Gasteiger partial charge is 0.304 e. The maximum atomic E-state index is 10.8. The van der Waals surface area contributed by atoms with E-state index in [4.69, 9.17) is 10.8 Å². The number of rotatable bonds is 5. The first-order valence-electron chi connectivity index (χ1n) is 6.09. The zero-order chi connectivity index (χ0) is 13.9. The van der Waals surface area contributed by atoms with Gasteiger partial charge in [0, 0.05) is 12.1 Å². The lowest BCUT2D eigenvalue weighted by Gasteiger charge is -2.25. The molecule has 0 heterocycles. The van der Waals surface area contributed by atoms with E-state index in [1.54, 1.807) is 7.05 Å². The van der Waals surface area contributed by atoms with E-state index in [1.165, 1.54) is 16.7 Å². The van der Waals surface area contributed by atoms with E-state index < -0.39 is 12.0 Å². The summed E-state index contributed by atoms with van der Waals surface area (Å²) in [5, 5.41) is 12.0. The van der Waals surface area contributed by atoms with Gasteiger partial charge in [-0.05, 0) is 50.1 Å². The maximum absolute atomic E-state index is 10.8. The molecule has 0 saturated heterocycles. The number of likely N-dealkylation sites (N-methyl/N-ethyl adjacent to an activating group) is 1. The molecule has 0 radical (unpaired) electrons. The number of hydrogen-bond donors (Lipinski definition) is 3.